The van der Waals surface area contributed by atoms with Gasteiger partial charge in [-0.05, 0) is 19.2 Å². The second-order valence-corrected chi connectivity index (χ2v) is 8.00. The lowest BCUT2D eigenvalue weighted by Gasteiger charge is -2.42. The van der Waals surface area contributed by atoms with Gasteiger partial charge in [0.25, 0.3) is 5.91 Å². The van der Waals surface area contributed by atoms with Crippen molar-refractivity contribution in [3.63, 3.8) is 0 Å². The van der Waals surface area contributed by atoms with E-state index >= 15 is 0 Å². The maximum atomic E-state index is 12.8. The van der Waals surface area contributed by atoms with Crippen LogP contribution in [-0.2, 0) is 9.84 Å². The first-order valence-electron chi connectivity index (χ1n) is 7.14. The lowest BCUT2D eigenvalue weighted by Crippen LogP contribution is -2.59. The molecule has 2 saturated heterocycles. The number of nitriles is 1. The van der Waals surface area contributed by atoms with Crippen molar-refractivity contribution in [2.45, 2.75) is 12.1 Å². The van der Waals surface area contributed by atoms with Crippen LogP contribution in [0.5, 0.6) is 0 Å². The molecule has 22 heavy (non-hydrogen) atoms. The van der Waals surface area contributed by atoms with E-state index in [0.29, 0.717) is 24.2 Å². The van der Waals surface area contributed by atoms with Gasteiger partial charge < -0.3 is 4.90 Å². The second kappa shape index (κ2) is 5.38. The van der Waals surface area contributed by atoms with Crippen LogP contribution in [0.25, 0.3) is 0 Å². The Bertz CT molecular complexity index is 754. The number of amides is 1. The third kappa shape index (κ3) is 2.49. The van der Waals surface area contributed by atoms with Crippen LogP contribution in [0.15, 0.2) is 24.3 Å². The molecule has 0 unspecified atom stereocenters. The molecule has 2 fully saturated rings. The number of piperazine rings is 1. The normalized spacial score (nSPS) is 27.2. The number of fused-ring (bicyclic) bond motifs is 1. The standard InChI is InChI=1S/C15H17N3O3S/c1-17-6-7-18(14-10-22(20,21)9-13(14)17)15(19)12-5-3-2-4-11(12)8-16/h2-5,13-14H,6-7,9-10H2,1H3/t13-,14+/m0/s1. The van der Waals surface area contributed by atoms with E-state index in [1.807, 2.05) is 18.0 Å². The van der Waals surface area contributed by atoms with Crippen molar-refractivity contribution >= 4 is 15.7 Å². The molecule has 0 radical (unpaired) electrons. The maximum Gasteiger partial charge on any atom is 0.255 e. The van der Waals surface area contributed by atoms with Crippen LogP contribution < -0.4 is 0 Å². The SMILES string of the molecule is CN1CCN(C(=O)c2ccccc2C#N)[C@@H]2CS(=O)(=O)C[C@@H]21. The van der Waals surface area contributed by atoms with Gasteiger partial charge in [-0.3, -0.25) is 9.69 Å². The molecule has 1 aromatic carbocycles. The van der Waals surface area contributed by atoms with Crippen LogP contribution in [0.4, 0.5) is 0 Å². The fraction of sp³-hybridized carbons (Fsp3) is 0.467. The van der Waals surface area contributed by atoms with Crippen molar-refractivity contribution < 1.29 is 13.2 Å². The zero-order valence-corrected chi connectivity index (χ0v) is 13.1. The number of rotatable bonds is 1. The maximum absolute atomic E-state index is 12.8. The Labute approximate surface area is 129 Å². The minimum absolute atomic E-state index is 0.00245. The molecule has 116 valence electrons. The minimum Gasteiger partial charge on any atom is -0.332 e. The van der Waals surface area contributed by atoms with Gasteiger partial charge in [0.15, 0.2) is 9.84 Å². The summed E-state index contributed by atoms with van der Waals surface area (Å²) in [5, 5.41) is 9.15. The molecule has 0 N–H and O–H groups in total. The van der Waals surface area contributed by atoms with Gasteiger partial charge >= 0.3 is 0 Å². The third-order valence-corrected chi connectivity index (χ3v) is 6.19. The fourth-order valence-corrected chi connectivity index (χ4v) is 5.36. The Morgan fingerprint density at radius 3 is 2.64 bits per heavy atom. The van der Waals surface area contributed by atoms with E-state index in [-0.39, 0.29) is 29.5 Å². The first-order valence-corrected chi connectivity index (χ1v) is 8.96. The molecule has 0 bridgehead atoms. The largest absolute Gasteiger partial charge is 0.332 e. The average molecular weight is 319 g/mol. The molecule has 2 heterocycles. The van der Waals surface area contributed by atoms with Gasteiger partial charge in [-0.1, -0.05) is 12.1 Å². The van der Waals surface area contributed by atoms with Gasteiger partial charge in [-0.2, -0.15) is 5.26 Å². The van der Waals surface area contributed by atoms with E-state index in [1.54, 1.807) is 29.2 Å². The van der Waals surface area contributed by atoms with E-state index in [0.717, 1.165) is 0 Å². The van der Waals surface area contributed by atoms with Crippen molar-refractivity contribution in [3.05, 3.63) is 35.4 Å². The van der Waals surface area contributed by atoms with E-state index in [1.165, 1.54) is 0 Å². The van der Waals surface area contributed by atoms with Crippen LogP contribution in [0.3, 0.4) is 0 Å². The number of nitrogens with zero attached hydrogens (tertiary/aromatic N) is 3. The number of benzene rings is 1. The Balaban J connectivity index is 1.95. The predicted molar refractivity (Wildman–Crippen MR) is 81.1 cm³/mol. The Kier molecular flexibility index (Phi) is 3.67. The van der Waals surface area contributed by atoms with E-state index in [2.05, 4.69) is 0 Å². The van der Waals surface area contributed by atoms with Crippen LogP contribution in [-0.4, -0.2) is 67.9 Å². The molecule has 0 spiro atoms. The van der Waals surface area contributed by atoms with Crippen LogP contribution in [0.2, 0.25) is 0 Å². The fourth-order valence-electron chi connectivity index (χ4n) is 3.30. The summed E-state index contributed by atoms with van der Waals surface area (Å²) in [5.74, 6) is -0.155. The van der Waals surface area contributed by atoms with Gasteiger partial charge in [0.1, 0.15) is 0 Å². The highest BCUT2D eigenvalue weighted by Crippen LogP contribution is 2.27. The van der Waals surface area contributed by atoms with Crippen LogP contribution in [0.1, 0.15) is 15.9 Å². The quantitative estimate of drug-likeness (QED) is 0.734. The Morgan fingerprint density at radius 2 is 1.91 bits per heavy atom. The second-order valence-electron chi connectivity index (χ2n) is 5.85. The lowest BCUT2D eigenvalue weighted by molar-refractivity contribution is 0.0409. The molecule has 1 amide bonds. The summed E-state index contributed by atoms with van der Waals surface area (Å²) in [6.07, 6.45) is 0. The van der Waals surface area contributed by atoms with Crippen LogP contribution in [0, 0.1) is 11.3 Å². The van der Waals surface area contributed by atoms with E-state index in [9.17, 15) is 13.2 Å². The van der Waals surface area contributed by atoms with E-state index < -0.39 is 9.84 Å². The van der Waals surface area contributed by atoms with Gasteiger partial charge in [0.05, 0.1) is 34.7 Å². The number of carbonyl (C=O) groups is 1. The van der Waals surface area contributed by atoms with Crippen molar-refractivity contribution in [1.29, 1.82) is 5.26 Å². The summed E-state index contributed by atoms with van der Waals surface area (Å²) in [6.45, 7) is 1.11. The predicted octanol–water partition coefficient (Wildman–Crippen LogP) is 0.111. The van der Waals surface area contributed by atoms with Gasteiger partial charge in [-0.15, -0.1) is 0 Å². The average Bonchev–Trinajstić information content (AvgIpc) is 2.83. The molecule has 2 aliphatic rings. The highest BCUT2D eigenvalue weighted by atomic mass is 32.2. The number of carbonyl (C=O) groups excluding carboxylic acids is 1. The summed E-state index contributed by atoms with van der Waals surface area (Å²) in [6, 6.07) is 8.19. The summed E-state index contributed by atoms with van der Waals surface area (Å²) < 4.78 is 23.9. The first-order chi connectivity index (χ1) is 10.4. The van der Waals surface area contributed by atoms with E-state index in [4.69, 9.17) is 5.26 Å². The molecule has 7 heteroatoms. The topological polar surface area (TPSA) is 81.5 Å². The number of likely N-dealkylation sites (N-methyl/N-ethyl adjacent to an activating group) is 1. The molecule has 2 aliphatic heterocycles. The molecular weight excluding hydrogens is 302 g/mol. The van der Waals surface area contributed by atoms with Crippen molar-refractivity contribution in [2.75, 3.05) is 31.6 Å². The smallest absolute Gasteiger partial charge is 0.255 e. The van der Waals surface area contributed by atoms with Crippen molar-refractivity contribution in [2.24, 2.45) is 0 Å². The number of sulfone groups is 1. The molecule has 6 nitrogen and oxygen atoms in total. The molecule has 0 aromatic heterocycles. The third-order valence-electron chi connectivity index (χ3n) is 4.49. The zero-order chi connectivity index (χ0) is 15.9. The highest BCUT2D eigenvalue weighted by molar-refractivity contribution is 7.91. The molecule has 0 aliphatic carbocycles. The summed E-state index contributed by atoms with van der Waals surface area (Å²) in [7, 11) is -1.23. The first kappa shape index (κ1) is 15.0. The lowest BCUT2D eigenvalue weighted by atomic mass is 10.0. The van der Waals surface area contributed by atoms with Gasteiger partial charge in [0, 0.05) is 19.1 Å². The molecular formula is C15H17N3O3S. The highest BCUT2D eigenvalue weighted by Gasteiger charge is 2.47. The minimum atomic E-state index is -3.13. The molecule has 2 atom stereocenters. The summed E-state index contributed by atoms with van der Waals surface area (Å²) in [4.78, 5) is 16.4. The monoisotopic (exact) mass is 319 g/mol. The summed E-state index contributed by atoms with van der Waals surface area (Å²) in [5.41, 5.74) is 0.668. The number of hydrogen-bond acceptors (Lipinski definition) is 5. The van der Waals surface area contributed by atoms with Crippen molar-refractivity contribution in [1.82, 2.24) is 9.80 Å². The Morgan fingerprint density at radius 1 is 1.23 bits per heavy atom. The van der Waals surface area contributed by atoms with Crippen molar-refractivity contribution in [3.8, 4) is 6.07 Å². The summed E-state index contributed by atoms with van der Waals surface area (Å²) >= 11 is 0. The molecule has 3 rings (SSSR count). The zero-order valence-electron chi connectivity index (χ0n) is 12.3. The molecule has 0 saturated carbocycles. The van der Waals surface area contributed by atoms with Gasteiger partial charge in [-0.25, -0.2) is 8.42 Å². The number of hydrogen-bond donors (Lipinski definition) is 0. The Hall–Kier alpha value is -1.91. The van der Waals surface area contributed by atoms with Gasteiger partial charge in [0.2, 0.25) is 0 Å². The van der Waals surface area contributed by atoms with Crippen LogP contribution >= 0.6 is 0 Å². The molecule has 1 aromatic rings.